The van der Waals surface area contributed by atoms with Crippen molar-refractivity contribution in [2.75, 3.05) is 36.5 Å². The normalized spacial score (nSPS) is 23.3. The monoisotopic (exact) mass is 491 g/mol. The molecular weight excluding hydrogens is 461 g/mol. The van der Waals surface area contributed by atoms with Crippen LogP contribution in [0.2, 0.25) is 5.02 Å². The van der Waals surface area contributed by atoms with E-state index in [0.29, 0.717) is 29.1 Å². The first kappa shape index (κ1) is 24.4. The highest BCUT2D eigenvalue weighted by Crippen LogP contribution is 2.37. The first-order valence-corrected chi connectivity index (χ1v) is 12.0. The van der Waals surface area contributed by atoms with E-state index >= 15 is 4.39 Å². The molecule has 0 saturated carbocycles. The van der Waals surface area contributed by atoms with Gasteiger partial charge in [0.2, 0.25) is 5.88 Å². The number of hydrogen-bond donors (Lipinski definition) is 1. The molecule has 0 unspecified atom stereocenters. The van der Waals surface area contributed by atoms with E-state index in [1.807, 2.05) is 17.0 Å². The molecule has 2 saturated heterocycles. The van der Waals surface area contributed by atoms with Gasteiger partial charge in [-0.2, -0.15) is 0 Å². The fraction of sp³-hybridized carbons (Fsp3) is 0.520. The van der Waals surface area contributed by atoms with Crippen LogP contribution in [0.1, 0.15) is 33.1 Å². The zero-order valence-electron chi connectivity index (χ0n) is 19.7. The number of rotatable bonds is 7. The van der Waals surface area contributed by atoms with E-state index in [2.05, 4.69) is 23.7 Å². The predicted molar refractivity (Wildman–Crippen MR) is 130 cm³/mol. The van der Waals surface area contributed by atoms with Crippen LogP contribution in [-0.2, 0) is 4.79 Å². The minimum atomic E-state index is -0.839. The number of carbonyl (C=O) groups is 1. The molecule has 2 aromatic rings. The molecule has 2 fully saturated rings. The Morgan fingerprint density at radius 3 is 2.65 bits per heavy atom. The lowest BCUT2D eigenvalue weighted by molar-refractivity contribution is -0.137. The van der Waals surface area contributed by atoms with E-state index in [-0.39, 0.29) is 30.2 Å². The van der Waals surface area contributed by atoms with Gasteiger partial charge in [-0.15, -0.1) is 0 Å². The highest BCUT2D eigenvalue weighted by Gasteiger charge is 2.38. The van der Waals surface area contributed by atoms with Crippen LogP contribution in [0, 0.1) is 17.7 Å². The van der Waals surface area contributed by atoms with Gasteiger partial charge < -0.3 is 24.4 Å². The summed E-state index contributed by atoms with van der Waals surface area (Å²) >= 11 is 6.32. The second-order valence-corrected chi connectivity index (χ2v) is 9.66. The molecule has 4 rings (SSSR count). The fourth-order valence-corrected chi connectivity index (χ4v) is 5.19. The fourth-order valence-electron chi connectivity index (χ4n) is 4.97. The molecule has 184 valence electrons. The Morgan fingerprint density at radius 2 is 2.00 bits per heavy atom. The van der Waals surface area contributed by atoms with Crippen molar-refractivity contribution < 1.29 is 23.8 Å². The lowest BCUT2D eigenvalue weighted by atomic mass is 9.92. The van der Waals surface area contributed by atoms with Crippen molar-refractivity contribution in [1.82, 2.24) is 4.98 Å². The molecular formula is C25H31ClFN3O4. The molecule has 34 heavy (non-hydrogen) atoms. The Hall–Kier alpha value is -2.74. The molecule has 2 aliphatic heterocycles. The van der Waals surface area contributed by atoms with Crippen LogP contribution >= 0.6 is 11.6 Å². The van der Waals surface area contributed by atoms with Crippen molar-refractivity contribution in [3.05, 3.63) is 41.3 Å². The summed E-state index contributed by atoms with van der Waals surface area (Å²) in [6, 6.07) is 6.62. The van der Waals surface area contributed by atoms with Crippen LogP contribution in [0.4, 0.5) is 15.8 Å². The lowest BCUT2D eigenvalue weighted by Crippen LogP contribution is -2.38. The average Bonchev–Trinajstić information content (AvgIpc) is 3.09. The smallest absolute Gasteiger partial charge is 0.305 e. The van der Waals surface area contributed by atoms with Gasteiger partial charge in [0.05, 0.1) is 30.4 Å². The summed E-state index contributed by atoms with van der Waals surface area (Å²) in [5, 5.41) is 9.88. The number of aromatic nitrogens is 1. The van der Waals surface area contributed by atoms with Gasteiger partial charge in [0, 0.05) is 56.3 Å². The summed E-state index contributed by atoms with van der Waals surface area (Å²) in [5.74, 6) is 0.0158. The third-order valence-electron chi connectivity index (χ3n) is 7.12. The molecule has 7 nitrogen and oxygen atoms in total. The van der Waals surface area contributed by atoms with E-state index < -0.39 is 11.8 Å². The first-order chi connectivity index (χ1) is 16.3. The largest absolute Gasteiger partial charge is 0.487 e. The van der Waals surface area contributed by atoms with Crippen molar-refractivity contribution in [3.63, 3.8) is 0 Å². The van der Waals surface area contributed by atoms with Crippen molar-refractivity contribution >= 4 is 28.9 Å². The number of carboxylic acid groups (broad SMARTS) is 1. The number of carboxylic acids is 1. The molecule has 1 aromatic carbocycles. The van der Waals surface area contributed by atoms with Gasteiger partial charge >= 0.3 is 5.97 Å². The molecule has 1 aromatic heterocycles. The van der Waals surface area contributed by atoms with E-state index in [9.17, 15) is 9.90 Å². The molecule has 0 spiro atoms. The summed E-state index contributed by atoms with van der Waals surface area (Å²) < 4.78 is 26.2. The van der Waals surface area contributed by atoms with Gasteiger partial charge in [-0.1, -0.05) is 25.4 Å². The lowest BCUT2D eigenvalue weighted by Gasteiger charge is -2.34. The minimum Gasteiger partial charge on any atom is -0.487 e. The topological polar surface area (TPSA) is 75.1 Å². The van der Waals surface area contributed by atoms with Crippen LogP contribution in [0.25, 0.3) is 0 Å². The van der Waals surface area contributed by atoms with Crippen LogP contribution in [0.5, 0.6) is 11.6 Å². The number of piperidine rings is 1. The highest BCUT2D eigenvalue weighted by atomic mass is 35.5. The quantitative estimate of drug-likeness (QED) is 0.592. The van der Waals surface area contributed by atoms with Crippen molar-refractivity contribution in [2.24, 2.45) is 11.8 Å². The zero-order chi connectivity index (χ0) is 24.4. The molecule has 0 amide bonds. The standard InChI is InChI=1S/C25H31ClFN3O4/c1-15-14-30(21(16(15)2)12-25(31)32)17-4-5-23(20(27)10-17)34-18-6-8-29(9-7-18)22-11-24(33-3)28-13-19(22)26/h4-5,10-11,13,15-16,18,21H,6-9,12,14H2,1-3H3,(H,31,32)/t15-,16+,21-/m0/s1. The van der Waals surface area contributed by atoms with Gasteiger partial charge in [-0.05, 0) is 24.0 Å². The molecule has 0 radical (unpaired) electrons. The minimum absolute atomic E-state index is 0.0390. The third kappa shape index (κ3) is 5.17. The Balaban J connectivity index is 1.40. The third-order valence-corrected chi connectivity index (χ3v) is 7.41. The Bertz CT molecular complexity index is 1030. The van der Waals surface area contributed by atoms with Gasteiger partial charge in [0.1, 0.15) is 6.10 Å². The Kier molecular flexibility index (Phi) is 7.36. The summed E-state index contributed by atoms with van der Waals surface area (Å²) in [6.45, 7) is 6.32. The molecule has 1 N–H and O–H groups in total. The summed E-state index contributed by atoms with van der Waals surface area (Å²) in [4.78, 5) is 19.6. The summed E-state index contributed by atoms with van der Waals surface area (Å²) in [6.07, 6.45) is 2.97. The van der Waals surface area contributed by atoms with E-state index in [1.54, 1.807) is 19.4 Å². The maximum absolute atomic E-state index is 15.0. The van der Waals surface area contributed by atoms with E-state index in [1.165, 1.54) is 6.07 Å². The molecule has 0 aliphatic carbocycles. The van der Waals surface area contributed by atoms with Crippen LogP contribution in [0.15, 0.2) is 30.5 Å². The summed E-state index contributed by atoms with van der Waals surface area (Å²) in [5.41, 5.74) is 1.57. The van der Waals surface area contributed by atoms with Gasteiger partial charge in [0.15, 0.2) is 11.6 Å². The first-order valence-electron chi connectivity index (χ1n) is 11.7. The Morgan fingerprint density at radius 1 is 1.26 bits per heavy atom. The van der Waals surface area contributed by atoms with Crippen LogP contribution < -0.4 is 19.3 Å². The zero-order valence-corrected chi connectivity index (χ0v) is 20.5. The van der Waals surface area contributed by atoms with Crippen molar-refractivity contribution in [2.45, 2.75) is 45.3 Å². The molecule has 3 atom stereocenters. The average molecular weight is 492 g/mol. The molecule has 2 aliphatic rings. The van der Waals surface area contributed by atoms with E-state index in [4.69, 9.17) is 21.1 Å². The number of aliphatic carboxylic acids is 1. The molecule has 9 heteroatoms. The SMILES string of the molecule is COc1cc(N2CCC(Oc3ccc(N4C[C@H](C)[C@@H](C)[C@@H]4CC(=O)O)cc3F)CC2)c(Cl)cn1. The van der Waals surface area contributed by atoms with Crippen LogP contribution in [-0.4, -0.2) is 54.9 Å². The number of halogens is 2. The second kappa shape index (κ2) is 10.3. The maximum atomic E-state index is 15.0. The Labute approximate surface area is 204 Å². The maximum Gasteiger partial charge on any atom is 0.305 e. The van der Waals surface area contributed by atoms with E-state index in [0.717, 1.165) is 31.6 Å². The number of hydrogen-bond acceptors (Lipinski definition) is 6. The number of benzene rings is 1. The number of pyridine rings is 1. The predicted octanol–water partition coefficient (Wildman–Crippen LogP) is 4.87. The highest BCUT2D eigenvalue weighted by molar-refractivity contribution is 6.33. The van der Waals surface area contributed by atoms with Crippen molar-refractivity contribution in [3.8, 4) is 11.6 Å². The number of anilines is 2. The van der Waals surface area contributed by atoms with Gasteiger partial charge in [-0.25, -0.2) is 9.37 Å². The van der Waals surface area contributed by atoms with Gasteiger partial charge in [0.25, 0.3) is 0 Å². The number of nitrogens with zero attached hydrogens (tertiary/aromatic N) is 3. The van der Waals surface area contributed by atoms with Crippen molar-refractivity contribution in [1.29, 1.82) is 0 Å². The number of methoxy groups -OCH3 is 1. The number of ether oxygens (including phenoxy) is 2. The van der Waals surface area contributed by atoms with Gasteiger partial charge in [-0.3, -0.25) is 4.79 Å². The summed E-state index contributed by atoms with van der Waals surface area (Å²) in [7, 11) is 1.57. The second-order valence-electron chi connectivity index (χ2n) is 9.25. The molecule has 0 bridgehead atoms. The van der Waals surface area contributed by atoms with Crippen LogP contribution in [0.3, 0.4) is 0 Å². The molecule has 3 heterocycles.